The fraction of sp³-hybridized carbons (Fsp3) is 0.258. The third-order valence-corrected chi connectivity index (χ3v) is 8.35. The number of benzene rings is 3. The number of hydrogen-bond acceptors (Lipinski definition) is 9. The van der Waals surface area contributed by atoms with E-state index in [9.17, 15) is 19.7 Å². The molecule has 1 unspecified atom stereocenters. The topological polar surface area (TPSA) is 163 Å². The van der Waals surface area contributed by atoms with Crippen LogP contribution in [0, 0.1) is 10.1 Å². The van der Waals surface area contributed by atoms with Crippen molar-refractivity contribution in [3.63, 3.8) is 0 Å². The Morgan fingerprint density at radius 2 is 1.85 bits per heavy atom. The molecule has 3 heterocycles. The molecule has 0 fully saturated rings. The molecule has 1 atom stereocenters. The number of nitrogens with one attached hydrogen (secondary N) is 2. The lowest BCUT2D eigenvalue weighted by Crippen LogP contribution is -2.30. The number of hydrogen-bond donors (Lipinski definition) is 2. The van der Waals surface area contributed by atoms with Crippen LogP contribution in [0.2, 0.25) is 0 Å². The summed E-state index contributed by atoms with van der Waals surface area (Å²) in [5.74, 6) is 0.704. The lowest BCUT2D eigenvalue weighted by molar-refractivity contribution is -0.392. The summed E-state index contributed by atoms with van der Waals surface area (Å²) in [6.45, 7) is -0.109. The molecule has 14 nitrogen and oxygen atoms in total. The normalized spacial score (nSPS) is 13.9. The molecule has 0 aliphatic carbocycles. The van der Waals surface area contributed by atoms with Crippen LogP contribution < -0.4 is 24.4 Å². The number of amides is 2. The molecule has 15 heteroatoms. The van der Waals surface area contributed by atoms with E-state index in [2.05, 4.69) is 15.3 Å². The number of fused-ring (bicyclic) bond motifs is 4. The number of imidazole rings is 1. The number of anilines is 2. The fourth-order valence-electron chi connectivity index (χ4n) is 5.96. The number of methoxy groups -OCH3 is 3. The highest BCUT2D eigenvalue weighted by atomic mass is 35.5. The Morgan fingerprint density at radius 1 is 1.11 bits per heavy atom. The minimum absolute atomic E-state index is 0.00777. The van der Waals surface area contributed by atoms with E-state index in [1.54, 1.807) is 23.1 Å². The van der Waals surface area contributed by atoms with Crippen molar-refractivity contribution < 1.29 is 33.5 Å². The quantitative estimate of drug-likeness (QED) is 0.116. The average molecular weight is 649 g/mol. The van der Waals surface area contributed by atoms with E-state index in [4.69, 9.17) is 30.5 Å². The zero-order valence-electron chi connectivity index (χ0n) is 25.3. The van der Waals surface area contributed by atoms with Crippen LogP contribution in [0.15, 0.2) is 48.8 Å². The average Bonchev–Trinajstić information content (AvgIpc) is 3.77. The molecule has 0 saturated carbocycles. The number of rotatable bonds is 9. The second-order valence-electron chi connectivity index (χ2n) is 10.5. The monoisotopic (exact) mass is 648 g/mol. The van der Waals surface area contributed by atoms with Crippen molar-refractivity contribution in [2.24, 2.45) is 7.05 Å². The minimum Gasteiger partial charge on any atom is -0.493 e. The SMILES string of the molecule is COc1cc2cc(C(=O)N3CC(CCl)c4c3cc(NC(=O)OCc3ncn(C)c3[N+](=O)[O-])c3ccccc43)[nH]c2c(OC)c1OC. The first-order chi connectivity index (χ1) is 22.2. The van der Waals surface area contributed by atoms with Crippen molar-refractivity contribution in [1.82, 2.24) is 14.5 Å². The summed E-state index contributed by atoms with van der Waals surface area (Å²) in [5, 5.41) is 16.3. The molecule has 1 aliphatic heterocycles. The van der Waals surface area contributed by atoms with E-state index in [1.807, 2.05) is 24.3 Å². The summed E-state index contributed by atoms with van der Waals surface area (Å²) >= 11 is 6.45. The van der Waals surface area contributed by atoms with Gasteiger partial charge in [-0.1, -0.05) is 24.3 Å². The molecule has 0 radical (unpaired) electrons. The second-order valence-corrected chi connectivity index (χ2v) is 10.9. The van der Waals surface area contributed by atoms with Crippen LogP contribution in [0.1, 0.15) is 27.7 Å². The predicted octanol–water partition coefficient (Wildman–Crippen LogP) is 5.72. The summed E-state index contributed by atoms with van der Waals surface area (Å²) in [7, 11) is 6.00. The van der Waals surface area contributed by atoms with Crippen molar-refractivity contribution in [2.75, 3.05) is 44.0 Å². The number of carbonyl (C=O) groups excluding carboxylic acids is 2. The van der Waals surface area contributed by atoms with Gasteiger partial charge in [-0.2, -0.15) is 0 Å². The van der Waals surface area contributed by atoms with Crippen molar-refractivity contribution in [2.45, 2.75) is 12.5 Å². The number of carbonyl (C=O) groups is 2. The van der Waals surface area contributed by atoms with Gasteiger partial charge in [0.25, 0.3) is 5.91 Å². The van der Waals surface area contributed by atoms with Crippen LogP contribution in [0.4, 0.5) is 22.0 Å². The zero-order chi connectivity index (χ0) is 32.7. The summed E-state index contributed by atoms with van der Waals surface area (Å²) < 4.78 is 23.1. The number of nitro groups is 1. The van der Waals surface area contributed by atoms with E-state index >= 15 is 0 Å². The molecule has 0 bridgehead atoms. The number of H-pyrrole nitrogens is 1. The van der Waals surface area contributed by atoms with Crippen LogP contribution in [0.5, 0.6) is 17.2 Å². The van der Waals surface area contributed by atoms with E-state index < -0.39 is 17.6 Å². The molecule has 3 aromatic carbocycles. The molecule has 5 aromatic rings. The van der Waals surface area contributed by atoms with E-state index in [1.165, 1.54) is 39.3 Å². The Balaban J connectivity index is 1.36. The van der Waals surface area contributed by atoms with Crippen LogP contribution >= 0.6 is 11.6 Å². The molecule has 0 spiro atoms. The molecule has 2 amide bonds. The molecular weight excluding hydrogens is 620 g/mol. The molecule has 0 saturated heterocycles. The van der Waals surface area contributed by atoms with E-state index in [0.29, 0.717) is 57.2 Å². The summed E-state index contributed by atoms with van der Waals surface area (Å²) in [5.41, 5.74) is 2.70. The lowest BCUT2D eigenvalue weighted by atomic mass is 9.95. The summed E-state index contributed by atoms with van der Waals surface area (Å²) in [6, 6.07) is 12.6. The molecule has 2 aromatic heterocycles. The first kappa shape index (κ1) is 30.5. The Kier molecular flexibility index (Phi) is 8.04. The second kappa shape index (κ2) is 12.1. The van der Waals surface area contributed by atoms with Crippen molar-refractivity contribution in [3.05, 3.63) is 75.9 Å². The van der Waals surface area contributed by atoms with E-state index in [0.717, 1.165) is 10.9 Å². The van der Waals surface area contributed by atoms with Gasteiger partial charge in [-0.15, -0.1) is 11.6 Å². The van der Waals surface area contributed by atoms with Crippen molar-refractivity contribution in [3.8, 4) is 17.2 Å². The van der Waals surface area contributed by atoms with Crippen molar-refractivity contribution in [1.29, 1.82) is 0 Å². The van der Waals surface area contributed by atoms with Gasteiger partial charge in [0.05, 0.1) is 45.3 Å². The van der Waals surface area contributed by atoms with Gasteiger partial charge in [0.1, 0.15) is 12.3 Å². The van der Waals surface area contributed by atoms with E-state index in [-0.39, 0.29) is 29.2 Å². The van der Waals surface area contributed by atoms with Gasteiger partial charge in [-0.25, -0.2) is 14.3 Å². The van der Waals surface area contributed by atoms with Crippen molar-refractivity contribution >= 4 is 62.5 Å². The van der Waals surface area contributed by atoms with Crippen LogP contribution in [-0.2, 0) is 18.4 Å². The zero-order valence-corrected chi connectivity index (χ0v) is 26.0. The van der Waals surface area contributed by atoms with Gasteiger partial charge in [0.2, 0.25) is 5.75 Å². The molecule has 46 heavy (non-hydrogen) atoms. The molecule has 2 N–H and O–H groups in total. The molecule has 6 rings (SSSR count). The molecular formula is C31H29ClN6O8. The summed E-state index contributed by atoms with van der Waals surface area (Å²) in [6.07, 6.45) is 0.429. The standard InChI is InChI=1S/C31H29ClN6O8/c1-36-15-33-22(29(36)38(41)42)14-46-31(40)35-20-11-23-25(19-8-6-5-7-18(19)20)17(12-32)13-37(23)30(39)21-9-16-10-24(43-2)27(44-3)28(45-4)26(16)34-21/h5-11,15,17,34H,12-14H2,1-4H3,(H,35,40). The van der Waals surface area contributed by atoms with Crippen LogP contribution in [0.25, 0.3) is 21.7 Å². The van der Waals surface area contributed by atoms with Gasteiger partial charge in [-0.3, -0.25) is 10.1 Å². The highest BCUT2D eigenvalue weighted by molar-refractivity contribution is 6.20. The molecule has 238 valence electrons. The van der Waals surface area contributed by atoms with Gasteiger partial charge >= 0.3 is 11.9 Å². The number of nitrogens with zero attached hydrogens (tertiary/aromatic N) is 4. The third kappa shape index (κ3) is 5.05. The van der Waals surface area contributed by atoms with Crippen LogP contribution in [-0.4, -0.2) is 65.2 Å². The molecule has 1 aliphatic rings. The lowest BCUT2D eigenvalue weighted by Gasteiger charge is -2.19. The highest BCUT2D eigenvalue weighted by Gasteiger charge is 2.36. The minimum atomic E-state index is -0.847. The maximum absolute atomic E-state index is 14.1. The largest absolute Gasteiger partial charge is 0.493 e. The number of halogens is 1. The van der Waals surface area contributed by atoms with Crippen LogP contribution in [0.3, 0.4) is 0 Å². The Bertz CT molecular complexity index is 2020. The number of ether oxygens (including phenoxy) is 4. The fourth-order valence-corrected chi connectivity index (χ4v) is 6.21. The summed E-state index contributed by atoms with van der Waals surface area (Å²) in [4.78, 5) is 46.7. The third-order valence-electron chi connectivity index (χ3n) is 7.98. The van der Waals surface area contributed by atoms with Gasteiger partial charge < -0.3 is 38.9 Å². The smallest absolute Gasteiger partial charge is 0.412 e. The highest BCUT2D eigenvalue weighted by Crippen LogP contribution is 2.46. The number of alkyl halides is 1. The predicted molar refractivity (Wildman–Crippen MR) is 171 cm³/mol. The maximum Gasteiger partial charge on any atom is 0.412 e. The Labute approximate surface area is 266 Å². The number of aryl methyl sites for hydroxylation is 1. The van der Waals surface area contributed by atoms with Gasteiger partial charge in [-0.05, 0) is 34.1 Å². The van der Waals surface area contributed by atoms with Gasteiger partial charge in [0.15, 0.2) is 23.5 Å². The number of aromatic nitrogens is 3. The first-order valence-corrected chi connectivity index (χ1v) is 14.6. The Hall–Kier alpha value is -5.50. The van der Waals surface area contributed by atoms with Gasteiger partial charge in [0, 0.05) is 29.1 Å². The Morgan fingerprint density at radius 3 is 2.52 bits per heavy atom. The first-order valence-electron chi connectivity index (χ1n) is 14.0. The number of aromatic amines is 1. The maximum atomic E-state index is 14.1.